The average molecular weight is 359 g/mol. The van der Waals surface area contributed by atoms with Gasteiger partial charge in [0.2, 0.25) is 17.7 Å². The normalized spacial score (nSPS) is 11.6. The molecule has 2 aromatic rings. The number of furan rings is 1. The van der Waals surface area contributed by atoms with Crippen molar-refractivity contribution in [1.29, 1.82) is 10.5 Å². The quantitative estimate of drug-likeness (QED) is 0.746. The number of amides is 1. The summed E-state index contributed by atoms with van der Waals surface area (Å²) < 4.78 is 6.95. The molecule has 3 N–H and O–H groups in total. The van der Waals surface area contributed by atoms with E-state index in [0.29, 0.717) is 22.9 Å². The lowest BCUT2D eigenvalue weighted by atomic mass is 10.1. The maximum Gasteiger partial charge on any atom is 0.249 e. The Morgan fingerprint density at radius 3 is 2.76 bits per heavy atom. The zero-order chi connectivity index (χ0) is 18.6. The third-order valence-corrected chi connectivity index (χ3v) is 4.50. The Kier molecular flexibility index (Phi) is 5.67. The number of aromatic nitrogens is 3. The molecule has 25 heavy (non-hydrogen) atoms. The van der Waals surface area contributed by atoms with Crippen LogP contribution in [0.5, 0.6) is 0 Å². The summed E-state index contributed by atoms with van der Waals surface area (Å²) in [4.78, 5) is 12.7. The molecule has 0 aromatic carbocycles. The predicted molar refractivity (Wildman–Crippen MR) is 91.6 cm³/mol. The summed E-state index contributed by atoms with van der Waals surface area (Å²) in [5, 5.41) is 28.7. The summed E-state index contributed by atoms with van der Waals surface area (Å²) >= 11 is 1.14. The van der Waals surface area contributed by atoms with Gasteiger partial charge in [0.25, 0.3) is 0 Å². The molecule has 0 saturated heterocycles. The summed E-state index contributed by atoms with van der Waals surface area (Å²) in [7, 11) is 0. The van der Waals surface area contributed by atoms with Gasteiger partial charge in [0.05, 0.1) is 11.8 Å². The summed E-state index contributed by atoms with van der Waals surface area (Å²) in [5.41, 5.74) is 6.81. The van der Waals surface area contributed by atoms with Crippen molar-refractivity contribution in [3.63, 3.8) is 0 Å². The highest BCUT2D eigenvalue weighted by Crippen LogP contribution is 2.29. The summed E-state index contributed by atoms with van der Waals surface area (Å²) in [6.45, 7) is 5.28. The molecule has 9 nitrogen and oxygen atoms in total. The SMILES string of the molecule is CCC(C(=O)Nc1oc(C)c(C)c1C#N)n1c(N)nnc1SCC#N. The Morgan fingerprint density at radius 2 is 2.16 bits per heavy atom. The molecule has 0 aliphatic heterocycles. The van der Waals surface area contributed by atoms with Gasteiger partial charge in [0.15, 0.2) is 5.16 Å². The fourth-order valence-electron chi connectivity index (χ4n) is 2.31. The van der Waals surface area contributed by atoms with E-state index in [4.69, 9.17) is 15.4 Å². The van der Waals surface area contributed by atoms with E-state index in [1.54, 1.807) is 13.8 Å². The molecule has 1 atom stereocenters. The first-order valence-electron chi connectivity index (χ1n) is 7.45. The molecule has 2 rings (SSSR count). The highest BCUT2D eigenvalue weighted by Gasteiger charge is 2.27. The lowest BCUT2D eigenvalue weighted by Crippen LogP contribution is -2.27. The average Bonchev–Trinajstić information content (AvgIpc) is 3.07. The van der Waals surface area contributed by atoms with Crippen LogP contribution in [0, 0.1) is 36.5 Å². The van der Waals surface area contributed by atoms with Gasteiger partial charge < -0.3 is 10.2 Å². The Hall–Kier alpha value is -2.98. The maximum absolute atomic E-state index is 12.7. The highest BCUT2D eigenvalue weighted by atomic mass is 32.2. The molecular weight excluding hydrogens is 342 g/mol. The molecule has 0 aliphatic carbocycles. The zero-order valence-electron chi connectivity index (χ0n) is 14.0. The van der Waals surface area contributed by atoms with E-state index in [0.717, 1.165) is 11.8 Å². The smallest absolute Gasteiger partial charge is 0.249 e. The number of nitrogens with two attached hydrogens (primary N) is 1. The molecule has 10 heteroatoms. The van der Waals surface area contributed by atoms with Crippen molar-refractivity contribution in [1.82, 2.24) is 14.8 Å². The summed E-state index contributed by atoms with van der Waals surface area (Å²) in [6, 6.07) is 3.32. The first-order valence-corrected chi connectivity index (χ1v) is 8.44. The van der Waals surface area contributed by atoms with Gasteiger partial charge in [0.1, 0.15) is 23.4 Å². The number of rotatable bonds is 6. The molecular formula is C15H17N7O2S. The second-order valence-electron chi connectivity index (χ2n) is 5.17. The van der Waals surface area contributed by atoms with Crippen LogP contribution >= 0.6 is 11.8 Å². The molecule has 130 valence electrons. The zero-order valence-corrected chi connectivity index (χ0v) is 14.8. The topological polar surface area (TPSA) is 147 Å². The van der Waals surface area contributed by atoms with Crippen molar-refractivity contribution < 1.29 is 9.21 Å². The van der Waals surface area contributed by atoms with Crippen LogP contribution in [0.4, 0.5) is 11.8 Å². The minimum absolute atomic E-state index is 0.0785. The van der Waals surface area contributed by atoms with Gasteiger partial charge in [-0.2, -0.15) is 10.5 Å². The van der Waals surface area contributed by atoms with Gasteiger partial charge in [-0.25, -0.2) is 0 Å². The lowest BCUT2D eigenvalue weighted by molar-refractivity contribution is -0.119. The van der Waals surface area contributed by atoms with Gasteiger partial charge in [-0.3, -0.25) is 14.7 Å². The van der Waals surface area contributed by atoms with Gasteiger partial charge >= 0.3 is 0 Å². The fourth-order valence-corrected chi connectivity index (χ4v) is 2.96. The molecule has 0 spiro atoms. The second kappa shape index (κ2) is 7.73. The highest BCUT2D eigenvalue weighted by molar-refractivity contribution is 7.99. The maximum atomic E-state index is 12.7. The Labute approximate surface area is 148 Å². The third kappa shape index (κ3) is 3.59. The van der Waals surface area contributed by atoms with Crippen LogP contribution in [-0.2, 0) is 4.79 Å². The van der Waals surface area contributed by atoms with Crippen LogP contribution in [0.15, 0.2) is 9.57 Å². The van der Waals surface area contributed by atoms with E-state index in [9.17, 15) is 10.1 Å². The Bertz CT molecular complexity index is 872. The summed E-state index contributed by atoms with van der Waals surface area (Å²) in [5.74, 6) is 0.506. The molecule has 2 heterocycles. The van der Waals surface area contributed by atoms with Crippen LogP contribution in [-0.4, -0.2) is 26.4 Å². The Morgan fingerprint density at radius 1 is 1.44 bits per heavy atom. The van der Waals surface area contributed by atoms with Crippen LogP contribution in [0.2, 0.25) is 0 Å². The van der Waals surface area contributed by atoms with E-state index in [-0.39, 0.29) is 23.1 Å². The predicted octanol–water partition coefficient (Wildman–Crippen LogP) is 2.15. The van der Waals surface area contributed by atoms with Gasteiger partial charge in [-0.05, 0) is 20.3 Å². The summed E-state index contributed by atoms with van der Waals surface area (Å²) in [6.07, 6.45) is 0.411. The van der Waals surface area contributed by atoms with Crippen LogP contribution in [0.3, 0.4) is 0 Å². The number of nitrogen functional groups attached to an aromatic ring is 1. The number of nitrogens with one attached hydrogen (secondary N) is 1. The molecule has 2 aromatic heterocycles. The molecule has 0 saturated carbocycles. The largest absolute Gasteiger partial charge is 0.444 e. The molecule has 0 bridgehead atoms. The van der Waals surface area contributed by atoms with E-state index >= 15 is 0 Å². The van der Waals surface area contributed by atoms with Gasteiger partial charge in [-0.15, -0.1) is 10.2 Å². The molecule has 0 aliphatic rings. The Balaban J connectivity index is 2.32. The number of nitrogens with zero attached hydrogens (tertiary/aromatic N) is 5. The van der Waals surface area contributed by atoms with Gasteiger partial charge in [0, 0.05) is 5.56 Å². The van der Waals surface area contributed by atoms with E-state index in [2.05, 4.69) is 15.5 Å². The van der Waals surface area contributed by atoms with E-state index in [1.165, 1.54) is 4.57 Å². The van der Waals surface area contributed by atoms with Crippen LogP contribution in [0.1, 0.15) is 36.3 Å². The standard InChI is InChI=1S/C15H17N7O2S/c1-4-11(22-14(18)20-21-15(22)25-6-5-16)12(23)19-13-10(7-17)8(2)9(3)24-13/h11H,4,6H2,1-3H3,(H2,18,20)(H,19,23). The molecule has 0 fully saturated rings. The lowest BCUT2D eigenvalue weighted by Gasteiger charge is -2.18. The van der Waals surface area contributed by atoms with Gasteiger partial charge in [-0.1, -0.05) is 18.7 Å². The van der Waals surface area contributed by atoms with Crippen molar-refractivity contribution in [2.24, 2.45) is 0 Å². The minimum atomic E-state index is -0.701. The molecule has 1 unspecified atom stereocenters. The first kappa shape index (κ1) is 18.4. The van der Waals surface area contributed by atoms with Crippen molar-refractivity contribution >= 4 is 29.5 Å². The van der Waals surface area contributed by atoms with E-state index < -0.39 is 11.9 Å². The van der Waals surface area contributed by atoms with Crippen molar-refractivity contribution in [2.75, 3.05) is 16.8 Å². The van der Waals surface area contributed by atoms with Crippen molar-refractivity contribution in [3.8, 4) is 12.1 Å². The number of hydrogen-bond donors (Lipinski definition) is 2. The van der Waals surface area contributed by atoms with E-state index in [1.807, 2.05) is 19.1 Å². The van der Waals surface area contributed by atoms with Crippen LogP contribution < -0.4 is 11.1 Å². The number of hydrogen-bond acceptors (Lipinski definition) is 8. The second-order valence-corrected chi connectivity index (χ2v) is 6.11. The molecule has 0 radical (unpaired) electrons. The van der Waals surface area contributed by atoms with Crippen molar-refractivity contribution in [3.05, 3.63) is 16.9 Å². The number of carbonyl (C=O) groups is 1. The number of anilines is 2. The minimum Gasteiger partial charge on any atom is -0.444 e. The van der Waals surface area contributed by atoms with Crippen LogP contribution in [0.25, 0.3) is 0 Å². The number of carbonyl (C=O) groups excluding carboxylic acids is 1. The van der Waals surface area contributed by atoms with Crippen molar-refractivity contribution in [2.45, 2.75) is 38.4 Å². The number of thioether (sulfide) groups is 1. The number of nitriles is 2. The molecule has 1 amide bonds. The first-order chi connectivity index (χ1) is 11.9. The monoisotopic (exact) mass is 359 g/mol. The number of aryl methyl sites for hydroxylation is 1. The third-order valence-electron chi connectivity index (χ3n) is 3.69. The fraction of sp³-hybridized carbons (Fsp3) is 0.400.